The Morgan fingerprint density at radius 2 is 1.97 bits per heavy atom. The molecule has 1 fully saturated rings. The van der Waals surface area contributed by atoms with Gasteiger partial charge in [0.1, 0.15) is 17.6 Å². The predicted molar refractivity (Wildman–Crippen MR) is 141 cm³/mol. The van der Waals surface area contributed by atoms with E-state index < -0.39 is 24.0 Å². The number of amides is 2. The van der Waals surface area contributed by atoms with E-state index in [-0.39, 0.29) is 18.2 Å². The lowest BCUT2D eigenvalue weighted by Gasteiger charge is -2.38. The second-order valence-corrected chi connectivity index (χ2v) is 9.43. The molecular weight excluding hydrogens is 487 g/mol. The summed E-state index contributed by atoms with van der Waals surface area (Å²) in [4.78, 5) is 31.0. The van der Waals surface area contributed by atoms with Crippen LogP contribution in [0.3, 0.4) is 0 Å². The normalized spacial score (nSPS) is 17.1. The number of nitrogens with one attached hydrogen (secondary N) is 2. The number of nitrogens with zero attached hydrogens (tertiary/aromatic N) is 2. The molecule has 8 nitrogen and oxygen atoms in total. The van der Waals surface area contributed by atoms with E-state index in [0.29, 0.717) is 44.0 Å². The van der Waals surface area contributed by atoms with Crippen LogP contribution in [-0.4, -0.2) is 64.7 Å². The largest absolute Gasteiger partial charge is 0.493 e. The van der Waals surface area contributed by atoms with Gasteiger partial charge in [0.15, 0.2) is 0 Å². The molecule has 9 heteroatoms. The number of benzene rings is 2. The number of halogens is 1. The van der Waals surface area contributed by atoms with Gasteiger partial charge in [0.05, 0.1) is 18.8 Å². The van der Waals surface area contributed by atoms with Gasteiger partial charge in [0.25, 0.3) is 0 Å². The minimum absolute atomic E-state index is 0.113. The number of hydrogen-bond donors (Lipinski definition) is 3. The Hall–Kier alpha value is -3.82. The number of piperazine rings is 1. The zero-order chi connectivity index (χ0) is 26.9. The lowest BCUT2D eigenvalue weighted by molar-refractivity contribution is -0.141. The first-order chi connectivity index (χ1) is 18.4. The van der Waals surface area contributed by atoms with Crippen LogP contribution in [0.4, 0.5) is 4.39 Å². The van der Waals surface area contributed by atoms with Crippen LogP contribution in [0.2, 0.25) is 0 Å². The van der Waals surface area contributed by atoms with Gasteiger partial charge in [0.2, 0.25) is 11.8 Å². The Morgan fingerprint density at radius 3 is 2.71 bits per heavy atom. The molecule has 0 radical (unpaired) electrons. The Morgan fingerprint density at radius 1 is 1.18 bits per heavy atom. The fourth-order valence-electron chi connectivity index (χ4n) is 4.64. The summed E-state index contributed by atoms with van der Waals surface area (Å²) in [6, 6.07) is 16.0. The molecule has 1 aliphatic heterocycles. The average molecular weight is 521 g/mol. The number of aliphatic hydroxyl groups is 1. The van der Waals surface area contributed by atoms with Crippen molar-refractivity contribution in [1.29, 1.82) is 0 Å². The van der Waals surface area contributed by atoms with E-state index in [4.69, 9.17) is 4.74 Å². The van der Waals surface area contributed by atoms with Crippen molar-refractivity contribution in [2.45, 2.75) is 44.5 Å². The molecule has 0 spiro atoms. The summed E-state index contributed by atoms with van der Waals surface area (Å²) in [5.41, 5.74) is 2.53. The molecule has 2 aromatic carbocycles. The molecule has 0 bridgehead atoms. The van der Waals surface area contributed by atoms with E-state index in [2.05, 4.69) is 15.6 Å². The van der Waals surface area contributed by atoms with Crippen molar-refractivity contribution in [3.8, 4) is 5.75 Å². The SMILES string of the molecule is CC(=O)N[C@@H](Cc1cc(F)cc(OCCc2cccnc2)c1)[C@H](O)[C@@H]1NCCN(Cc2ccccc2)C1=O. The number of carbonyl (C=O) groups excluding carboxylic acids is 2. The number of hydrogen-bond acceptors (Lipinski definition) is 6. The van der Waals surface area contributed by atoms with Gasteiger partial charge >= 0.3 is 0 Å². The van der Waals surface area contributed by atoms with Crippen molar-refractivity contribution in [2.24, 2.45) is 0 Å². The van der Waals surface area contributed by atoms with Crippen LogP contribution < -0.4 is 15.4 Å². The summed E-state index contributed by atoms with van der Waals surface area (Å²) in [6.07, 6.45) is 2.94. The van der Waals surface area contributed by atoms with Gasteiger partial charge in [-0.2, -0.15) is 0 Å². The molecule has 0 saturated carbocycles. The third kappa shape index (κ3) is 7.60. The molecular formula is C29H33FN4O4. The maximum absolute atomic E-state index is 14.5. The maximum atomic E-state index is 14.5. The van der Waals surface area contributed by atoms with Crippen LogP contribution in [0.25, 0.3) is 0 Å². The zero-order valence-corrected chi connectivity index (χ0v) is 21.3. The Balaban J connectivity index is 1.44. The minimum Gasteiger partial charge on any atom is -0.493 e. The van der Waals surface area contributed by atoms with Crippen LogP contribution in [0.15, 0.2) is 73.1 Å². The van der Waals surface area contributed by atoms with Crippen molar-refractivity contribution >= 4 is 11.8 Å². The first-order valence-electron chi connectivity index (χ1n) is 12.7. The van der Waals surface area contributed by atoms with E-state index in [1.165, 1.54) is 19.1 Å². The van der Waals surface area contributed by atoms with Crippen molar-refractivity contribution in [2.75, 3.05) is 19.7 Å². The van der Waals surface area contributed by atoms with Crippen molar-refractivity contribution in [3.63, 3.8) is 0 Å². The quantitative estimate of drug-likeness (QED) is 0.358. The average Bonchev–Trinajstić information content (AvgIpc) is 2.90. The third-order valence-corrected chi connectivity index (χ3v) is 6.45. The smallest absolute Gasteiger partial charge is 0.242 e. The summed E-state index contributed by atoms with van der Waals surface area (Å²) in [7, 11) is 0. The highest BCUT2D eigenvalue weighted by Gasteiger charge is 2.38. The molecule has 1 saturated heterocycles. The van der Waals surface area contributed by atoms with Gasteiger partial charge in [-0.05, 0) is 41.3 Å². The fraction of sp³-hybridized carbons (Fsp3) is 0.345. The summed E-state index contributed by atoms with van der Waals surface area (Å²) in [5, 5.41) is 17.1. The molecule has 38 heavy (non-hydrogen) atoms. The molecule has 0 aliphatic carbocycles. The minimum atomic E-state index is -1.23. The van der Waals surface area contributed by atoms with Crippen LogP contribution in [0.5, 0.6) is 5.75 Å². The standard InChI is InChI=1S/C29H33FN4O4/c1-20(35)33-26(28(36)27-29(37)34(12-11-32-27)19-22-6-3-2-4-7-22)16-23-14-24(30)17-25(15-23)38-13-9-21-8-5-10-31-18-21/h2-8,10,14-15,17-18,26-28,32,36H,9,11-13,16,19H2,1H3,(H,33,35)/t26-,27-,28-/m0/s1. The highest BCUT2D eigenvalue weighted by molar-refractivity contribution is 5.83. The second-order valence-electron chi connectivity index (χ2n) is 9.43. The van der Waals surface area contributed by atoms with Crippen molar-refractivity contribution < 1.29 is 23.8 Å². The van der Waals surface area contributed by atoms with Gasteiger partial charge in [-0.1, -0.05) is 36.4 Å². The maximum Gasteiger partial charge on any atom is 0.242 e. The molecule has 1 aromatic heterocycles. The van der Waals surface area contributed by atoms with Crippen molar-refractivity contribution in [1.82, 2.24) is 20.5 Å². The molecule has 3 aromatic rings. The lowest BCUT2D eigenvalue weighted by Crippen LogP contribution is -2.63. The first-order valence-corrected chi connectivity index (χ1v) is 12.7. The highest BCUT2D eigenvalue weighted by atomic mass is 19.1. The molecule has 2 amide bonds. The van der Waals surface area contributed by atoms with Crippen LogP contribution in [0, 0.1) is 5.82 Å². The molecule has 1 aliphatic rings. The van der Waals surface area contributed by atoms with E-state index in [0.717, 1.165) is 11.1 Å². The fourth-order valence-corrected chi connectivity index (χ4v) is 4.64. The number of ether oxygens (including phenoxy) is 1. The molecule has 200 valence electrons. The van der Waals surface area contributed by atoms with Crippen LogP contribution in [-0.2, 0) is 29.0 Å². The van der Waals surface area contributed by atoms with Gasteiger partial charge in [-0.3, -0.25) is 14.6 Å². The summed E-state index contributed by atoms with van der Waals surface area (Å²) >= 11 is 0. The van der Waals surface area contributed by atoms with Gasteiger partial charge in [-0.25, -0.2) is 4.39 Å². The van der Waals surface area contributed by atoms with Crippen molar-refractivity contribution in [3.05, 3.63) is 95.6 Å². The van der Waals surface area contributed by atoms with Gasteiger partial charge in [-0.15, -0.1) is 0 Å². The van der Waals surface area contributed by atoms with E-state index >= 15 is 0 Å². The number of rotatable bonds is 11. The summed E-state index contributed by atoms with van der Waals surface area (Å²) in [5.74, 6) is -0.749. The third-order valence-electron chi connectivity index (χ3n) is 6.45. The summed E-state index contributed by atoms with van der Waals surface area (Å²) < 4.78 is 20.2. The monoisotopic (exact) mass is 520 g/mol. The molecule has 4 rings (SSSR count). The number of aliphatic hydroxyl groups excluding tert-OH is 1. The number of pyridine rings is 1. The lowest BCUT2D eigenvalue weighted by atomic mass is 9.94. The number of aromatic nitrogens is 1. The molecule has 3 N–H and O–H groups in total. The van der Waals surface area contributed by atoms with E-state index in [1.807, 2.05) is 42.5 Å². The highest BCUT2D eigenvalue weighted by Crippen LogP contribution is 2.21. The van der Waals surface area contributed by atoms with Crippen LogP contribution in [0.1, 0.15) is 23.6 Å². The van der Waals surface area contributed by atoms with E-state index in [9.17, 15) is 19.1 Å². The van der Waals surface area contributed by atoms with Gasteiger partial charge in [0, 0.05) is 51.4 Å². The summed E-state index contributed by atoms with van der Waals surface area (Å²) in [6.45, 7) is 3.12. The Kier molecular flexibility index (Phi) is 9.40. The molecule has 0 unspecified atom stereocenters. The second kappa shape index (κ2) is 13.1. The van der Waals surface area contributed by atoms with Gasteiger partial charge < -0.3 is 25.4 Å². The topological polar surface area (TPSA) is 104 Å². The van der Waals surface area contributed by atoms with E-state index in [1.54, 1.807) is 23.4 Å². The molecule has 3 atom stereocenters. The Bertz CT molecular complexity index is 1210. The Labute approximate surface area is 221 Å². The zero-order valence-electron chi connectivity index (χ0n) is 21.3. The van der Waals surface area contributed by atoms with Crippen LogP contribution >= 0.6 is 0 Å². The number of carbonyl (C=O) groups is 2. The molecule has 2 heterocycles. The first kappa shape index (κ1) is 27.2. The predicted octanol–water partition coefficient (Wildman–Crippen LogP) is 2.25.